The summed E-state index contributed by atoms with van der Waals surface area (Å²) < 4.78 is 0. The molecule has 0 bridgehead atoms. The van der Waals surface area contributed by atoms with Gasteiger partial charge in [0.25, 0.3) is 0 Å². The summed E-state index contributed by atoms with van der Waals surface area (Å²) in [5.74, 6) is 0.973. The Morgan fingerprint density at radius 3 is 2.10 bits per heavy atom. The maximum atomic E-state index is 4.49. The first-order valence-corrected chi connectivity index (χ1v) is 7.14. The summed E-state index contributed by atoms with van der Waals surface area (Å²) >= 11 is 0. The Labute approximate surface area is 127 Å². The number of hydrazine groups is 1. The van der Waals surface area contributed by atoms with Crippen molar-refractivity contribution in [2.45, 2.75) is 13.5 Å². The normalized spacial score (nSPS) is 11.8. The van der Waals surface area contributed by atoms with E-state index in [0.717, 1.165) is 17.9 Å². The Kier molecular flexibility index (Phi) is 5.12. The Bertz CT molecular complexity index is 586. The van der Waals surface area contributed by atoms with Crippen molar-refractivity contribution in [3.8, 4) is 0 Å². The topological polar surface area (TPSA) is 18.8 Å². The molecule has 2 rings (SSSR count). The molecule has 2 aromatic rings. The lowest BCUT2D eigenvalue weighted by Gasteiger charge is -2.32. The Hall–Kier alpha value is -2.13. The Morgan fingerprint density at radius 1 is 0.952 bits per heavy atom. The largest absolute Gasteiger partial charge is 0.285 e. The number of nitrogens with zero attached hydrogens (tertiary/aromatic N) is 3. The zero-order valence-corrected chi connectivity index (χ0v) is 13.2. The fourth-order valence-electron chi connectivity index (χ4n) is 2.25. The predicted molar refractivity (Wildman–Crippen MR) is 89.3 cm³/mol. The molecular weight excluding hydrogens is 258 g/mol. The summed E-state index contributed by atoms with van der Waals surface area (Å²) in [5.41, 5.74) is 3.68. The molecule has 0 amide bonds. The molecule has 2 aromatic carbocycles. The van der Waals surface area contributed by atoms with Crippen LogP contribution in [0.25, 0.3) is 0 Å². The summed E-state index contributed by atoms with van der Waals surface area (Å²) in [6, 6.07) is 18.9. The van der Waals surface area contributed by atoms with Crippen LogP contribution in [0.4, 0.5) is 0 Å². The molecule has 0 aliphatic heterocycles. The highest BCUT2D eigenvalue weighted by Crippen LogP contribution is 2.13. The highest BCUT2D eigenvalue weighted by Gasteiger charge is 2.15. The van der Waals surface area contributed by atoms with Crippen molar-refractivity contribution in [1.29, 1.82) is 0 Å². The minimum atomic E-state index is 0.800. The van der Waals surface area contributed by atoms with Gasteiger partial charge in [-0.25, -0.2) is 5.01 Å². The summed E-state index contributed by atoms with van der Waals surface area (Å²) in [7, 11) is 5.93. The van der Waals surface area contributed by atoms with E-state index < -0.39 is 0 Å². The number of aliphatic imine (C=N–C) groups is 1. The molecule has 0 fully saturated rings. The lowest BCUT2D eigenvalue weighted by Crippen LogP contribution is -2.41. The molecule has 0 radical (unpaired) electrons. The minimum Gasteiger partial charge on any atom is -0.285 e. The first kappa shape index (κ1) is 15.3. The molecule has 3 heteroatoms. The van der Waals surface area contributed by atoms with E-state index >= 15 is 0 Å². The second-order valence-corrected chi connectivity index (χ2v) is 5.30. The quantitative estimate of drug-likeness (QED) is 0.486. The molecule has 0 heterocycles. The molecule has 0 N–H and O–H groups in total. The minimum absolute atomic E-state index is 0.800. The maximum absolute atomic E-state index is 4.49. The van der Waals surface area contributed by atoms with Gasteiger partial charge in [0, 0.05) is 26.7 Å². The van der Waals surface area contributed by atoms with Gasteiger partial charge >= 0.3 is 0 Å². The van der Waals surface area contributed by atoms with Crippen LogP contribution >= 0.6 is 0 Å². The fourth-order valence-corrected chi connectivity index (χ4v) is 2.25. The van der Waals surface area contributed by atoms with Crippen LogP contribution in [-0.2, 0) is 6.54 Å². The van der Waals surface area contributed by atoms with Crippen LogP contribution in [0, 0.1) is 6.92 Å². The molecule has 0 atom stereocenters. The van der Waals surface area contributed by atoms with Crippen molar-refractivity contribution in [2.75, 3.05) is 21.1 Å². The third-order valence-corrected chi connectivity index (χ3v) is 3.42. The number of rotatable bonds is 4. The van der Waals surface area contributed by atoms with Gasteiger partial charge in [-0.15, -0.1) is 0 Å². The van der Waals surface area contributed by atoms with Gasteiger partial charge < -0.3 is 0 Å². The highest BCUT2D eigenvalue weighted by molar-refractivity contribution is 5.98. The third kappa shape index (κ3) is 3.92. The summed E-state index contributed by atoms with van der Waals surface area (Å²) in [6.07, 6.45) is 0. The molecule has 3 nitrogen and oxygen atoms in total. The van der Waals surface area contributed by atoms with Crippen molar-refractivity contribution in [3.05, 3.63) is 71.3 Å². The van der Waals surface area contributed by atoms with Crippen LogP contribution in [-0.4, -0.2) is 37.0 Å². The van der Waals surface area contributed by atoms with Gasteiger partial charge in [0.1, 0.15) is 5.84 Å². The number of hydrogen-bond donors (Lipinski definition) is 0. The second-order valence-electron chi connectivity index (χ2n) is 5.30. The smallest absolute Gasteiger partial charge is 0.145 e. The molecule has 0 saturated carbocycles. The van der Waals surface area contributed by atoms with Crippen LogP contribution in [0.1, 0.15) is 16.7 Å². The highest BCUT2D eigenvalue weighted by atomic mass is 15.6. The molecule has 0 aliphatic carbocycles. The monoisotopic (exact) mass is 281 g/mol. The average molecular weight is 281 g/mol. The summed E-state index contributed by atoms with van der Waals surface area (Å²) in [6.45, 7) is 2.91. The van der Waals surface area contributed by atoms with Crippen LogP contribution in [0.3, 0.4) is 0 Å². The van der Waals surface area contributed by atoms with Crippen molar-refractivity contribution in [2.24, 2.45) is 4.99 Å². The second kappa shape index (κ2) is 7.04. The van der Waals surface area contributed by atoms with E-state index in [-0.39, 0.29) is 0 Å². The lowest BCUT2D eigenvalue weighted by molar-refractivity contribution is 0.103. The molecule has 21 heavy (non-hydrogen) atoms. The predicted octanol–water partition coefficient (Wildman–Crippen LogP) is 3.35. The van der Waals surface area contributed by atoms with Crippen molar-refractivity contribution < 1.29 is 0 Å². The Morgan fingerprint density at radius 2 is 1.57 bits per heavy atom. The van der Waals surface area contributed by atoms with Crippen LogP contribution in [0.2, 0.25) is 0 Å². The molecule has 0 unspecified atom stereocenters. The first-order valence-electron chi connectivity index (χ1n) is 7.14. The zero-order valence-electron chi connectivity index (χ0n) is 13.2. The van der Waals surface area contributed by atoms with Gasteiger partial charge in [0.05, 0.1) is 6.54 Å². The number of benzene rings is 2. The lowest BCUT2D eigenvalue weighted by atomic mass is 10.1. The van der Waals surface area contributed by atoms with E-state index in [9.17, 15) is 0 Å². The molecule has 0 aliphatic rings. The van der Waals surface area contributed by atoms with Gasteiger partial charge in [-0.2, -0.15) is 0 Å². The van der Waals surface area contributed by atoms with Gasteiger partial charge in [0.2, 0.25) is 0 Å². The molecular formula is C18H23N3. The number of hydrogen-bond acceptors (Lipinski definition) is 2. The average Bonchev–Trinajstić information content (AvgIpc) is 2.50. The molecule has 110 valence electrons. The number of amidine groups is 1. The Balaban J connectivity index is 2.28. The summed E-state index contributed by atoms with van der Waals surface area (Å²) in [4.78, 5) is 4.49. The van der Waals surface area contributed by atoms with Crippen molar-refractivity contribution in [3.63, 3.8) is 0 Å². The number of aryl methyl sites for hydroxylation is 1. The molecule has 0 aromatic heterocycles. The standard InChI is InChI=1S/C18H23N3/c1-15-10-12-16(13-11-15)14-21(20(3)4)18(19-2)17-8-6-5-7-9-17/h5-13H,14H2,1-4H3. The van der Waals surface area contributed by atoms with Crippen molar-refractivity contribution >= 4 is 5.84 Å². The van der Waals surface area contributed by atoms with E-state index in [2.05, 4.69) is 58.3 Å². The van der Waals surface area contributed by atoms with Crippen molar-refractivity contribution in [1.82, 2.24) is 10.0 Å². The van der Waals surface area contributed by atoms with Crippen LogP contribution < -0.4 is 0 Å². The van der Waals surface area contributed by atoms with E-state index in [0.29, 0.717) is 0 Å². The molecule has 0 spiro atoms. The van der Waals surface area contributed by atoms with E-state index in [1.807, 2.05) is 39.3 Å². The van der Waals surface area contributed by atoms with Gasteiger partial charge in [-0.3, -0.25) is 10.0 Å². The molecule has 0 saturated heterocycles. The van der Waals surface area contributed by atoms with Gasteiger partial charge in [-0.05, 0) is 12.5 Å². The van der Waals surface area contributed by atoms with Crippen LogP contribution in [0.15, 0.2) is 59.6 Å². The summed E-state index contributed by atoms with van der Waals surface area (Å²) in [5, 5.41) is 4.26. The SMILES string of the molecule is CN=C(c1ccccc1)N(Cc1ccc(C)cc1)N(C)C. The fraction of sp³-hybridized carbons (Fsp3) is 0.278. The van der Waals surface area contributed by atoms with E-state index in [1.165, 1.54) is 11.1 Å². The zero-order chi connectivity index (χ0) is 15.2. The van der Waals surface area contributed by atoms with E-state index in [1.54, 1.807) is 0 Å². The first-order chi connectivity index (χ1) is 10.1. The maximum Gasteiger partial charge on any atom is 0.145 e. The third-order valence-electron chi connectivity index (χ3n) is 3.42. The van der Waals surface area contributed by atoms with Gasteiger partial charge in [0.15, 0.2) is 0 Å². The van der Waals surface area contributed by atoms with Crippen LogP contribution in [0.5, 0.6) is 0 Å². The van der Waals surface area contributed by atoms with Gasteiger partial charge in [-0.1, -0.05) is 60.2 Å². The van der Waals surface area contributed by atoms with E-state index in [4.69, 9.17) is 0 Å².